The van der Waals surface area contributed by atoms with Crippen LogP contribution in [0.1, 0.15) is 56.8 Å². The van der Waals surface area contributed by atoms with E-state index in [0.29, 0.717) is 5.56 Å². The minimum Gasteiger partial charge on any atom is -0.339 e. The van der Waals surface area contributed by atoms with E-state index >= 15 is 0 Å². The zero-order valence-electron chi connectivity index (χ0n) is 16.1. The van der Waals surface area contributed by atoms with Crippen molar-refractivity contribution in [3.63, 3.8) is 0 Å². The summed E-state index contributed by atoms with van der Waals surface area (Å²) in [4.78, 5) is 15.9. The van der Waals surface area contributed by atoms with Crippen LogP contribution in [0.3, 0.4) is 0 Å². The van der Waals surface area contributed by atoms with Crippen LogP contribution in [0.15, 0.2) is 28.0 Å². The molecule has 0 aromatic heterocycles. The summed E-state index contributed by atoms with van der Waals surface area (Å²) < 4.78 is 28.1. The van der Waals surface area contributed by atoms with Crippen LogP contribution >= 0.6 is 11.8 Å². The summed E-state index contributed by atoms with van der Waals surface area (Å²) in [7, 11) is -3.65. The highest BCUT2D eigenvalue weighted by atomic mass is 32.2. The van der Waals surface area contributed by atoms with Crippen LogP contribution < -0.4 is 4.72 Å². The second-order valence-electron chi connectivity index (χ2n) is 7.22. The van der Waals surface area contributed by atoms with Gasteiger partial charge in [0.25, 0.3) is 5.91 Å². The highest BCUT2D eigenvalue weighted by Gasteiger charge is 2.24. The lowest BCUT2D eigenvalue weighted by atomic mass is 10.1. The maximum absolute atomic E-state index is 13.0. The molecule has 0 bridgehead atoms. The number of hydrogen-bond donors (Lipinski definition) is 1. The summed E-state index contributed by atoms with van der Waals surface area (Å²) in [6.45, 7) is 7.27. The van der Waals surface area contributed by atoms with Crippen molar-refractivity contribution in [3.05, 3.63) is 23.8 Å². The molecule has 0 saturated carbocycles. The van der Waals surface area contributed by atoms with Crippen molar-refractivity contribution < 1.29 is 13.2 Å². The summed E-state index contributed by atoms with van der Waals surface area (Å²) >= 11 is 1.47. The first kappa shape index (κ1) is 21.3. The van der Waals surface area contributed by atoms with Gasteiger partial charge in [-0.05, 0) is 50.1 Å². The van der Waals surface area contributed by atoms with Crippen molar-refractivity contribution in [1.29, 1.82) is 0 Å². The molecule has 146 valence electrons. The molecule has 1 amide bonds. The highest BCUT2D eigenvalue weighted by Crippen LogP contribution is 2.26. The average molecular weight is 399 g/mol. The van der Waals surface area contributed by atoms with Crippen LogP contribution in [0.25, 0.3) is 0 Å². The SMILES string of the molecule is CSc1ccc(S(=O)(=O)N[C@@H](C)C(C)C)cc1C(=O)N1CCCCCC1. The lowest BCUT2D eigenvalue weighted by Crippen LogP contribution is -2.36. The number of carbonyl (C=O) groups excluding carboxylic acids is 1. The van der Waals surface area contributed by atoms with Crippen molar-refractivity contribution in [1.82, 2.24) is 9.62 Å². The van der Waals surface area contributed by atoms with Gasteiger partial charge in [-0.25, -0.2) is 13.1 Å². The van der Waals surface area contributed by atoms with Crippen molar-refractivity contribution in [2.45, 2.75) is 62.3 Å². The average Bonchev–Trinajstić information content (AvgIpc) is 2.89. The van der Waals surface area contributed by atoms with Crippen LogP contribution in [0.4, 0.5) is 0 Å². The van der Waals surface area contributed by atoms with Crippen molar-refractivity contribution >= 4 is 27.7 Å². The maximum Gasteiger partial charge on any atom is 0.255 e. The fourth-order valence-corrected chi connectivity index (χ4v) is 4.90. The van der Waals surface area contributed by atoms with Crippen LogP contribution in [0.2, 0.25) is 0 Å². The van der Waals surface area contributed by atoms with Gasteiger partial charge in [-0.3, -0.25) is 4.79 Å². The molecular formula is C19H30N2O3S2. The number of nitrogens with zero attached hydrogens (tertiary/aromatic N) is 1. The van der Waals surface area contributed by atoms with Crippen LogP contribution in [-0.4, -0.2) is 44.6 Å². The molecule has 0 aliphatic carbocycles. The van der Waals surface area contributed by atoms with Crippen molar-refractivity contribution in [3.8, 4) is 0 Å². The lowest BCUT2D eigenvalue weighted by Gasteiger charge is -2.22. The van der Waals surface area contributed by atoms with Gasteiger partial charge >= 0.3 is 0 Å². The number of benzene rings is 1. The Morgan fingerprint density at radius 3 is 2.27 bits per heavy atom. The van der Waals surface area contributed by atoms with E-state index < -0.39 is 10.0 Å². The van der Waals surface area contributed by atoms with Crippen LogP contribution in [0.5, 0.6) is 0 Å². The summed E-state index contributed by atoms with van der Waals surface area (Å²) in [6, 6.07) is 4.68. The quantitative estimate of drug-likeness (QED) is 0.741. The number of amides is 1. The van der Waals surface area contributed by atoms with Gasteiger partial charge in [0.05, 0.1) is 10.5 Å². The molecule has 7 heteroatoms. The van der Waals surface area contributed by atoms with Gasteiger partial charge in [0, 0.05) is 24.0 Å². The number of nitrogens with one attached hydrogen (secondary N) is 1. The summed E-state index contributed by atoms with van der Waals surface area (Å²) in [5.74, 6) is 0.124. The smallest absolute Gasteiger partial charge is 0.255 e. The fraction of sp³-hybridized carbons (Fsp3) is 0.632. The van der Waals surface area contributed by atoms with E-state index in [2.05, 4.69) is 4.72 Å². The number of rotatable bonds is 6. The normalized spacial score (nSPS) is 17.2. The first-order valence-corrected chi connectivity index (χ1v) is 12.0. The molecule has 0 radical (unpaired) electrons. The Morgan fingerprint density at radius 2 is 1.73 bits per heavy atom. The van der Waals surface area contributed by atoms with Gasteiger partial charge in [-0.15, -0.1) is 11.8 Å². The van der Waals surface area contributed by atoms with Gasteiger partial charge in [-0.2, -0.15) is 0 Å². The highest BCUT2D eigenvalue weighted by molar-refractivity contribution is 7.98. The third kappa shape index (κ3) is 5.24. The Hall–Kier alpha value is -1.05. The number of carbonyl (C=O) groups is 1. The Balaban J connectivity index is 2.34. The van der Waals surface area contributed by atoms with Gasteiger partial charge in [0.2, 0.25) is 10.0 Å². The summed E-state index contributed by atoms with van der Waals surface area (Å²) in [6.07, 6.45) is 6.20. The zero-order valence-corrected chi connectivity index (χ0v) is 17.8. The van der Waals surface area contributed by atoms with E-state index in [1.54, 1.807) is 12.1 Å². The number of likely N-dealkylation sites (tertiary alicyclic amines) is 1. The van der Waals surface area contributed by atoms with E-state index in [1.165, 1.54) is 17.8 Å². The predicted molar refractivity (Wildman–Crippen MR) is 107 cm³/mol. The van der Waals surface area contributed by atoms with Crippen molar-refractivity contribution in [2.75, 3.05) is 19.3 Å². The van der Waals surface area contributed by atoms with Gasteiger partial charge < -0.3 is 4.90 Å². The molecule has 1 fully saturated rings. The minimum absolute atomic E-state index is 0.0646. The molecular weight excluding hydrogens is 368 g/mol. The van der Waals surface area contributed by atoms with E-state index in [9.17, 15) is 13.2 Å². The Bertz CT molecular complexity index is 724. The molecule has 0 unspecified atom stereocenters. The number of hydrogen-bond acceptors (Lipinski definition) is 4. The molecule has 1 saturated heterocycles. The molecule has 2 rings (SSSR count). The first-order valence-electron chi connectivity index (χ1n) is 9.26. The molecule has 26 heavy (non-hydrogen) atoms. The maximum atomic E-state index is 13.0. The Morgan fingerprint density at radius 1 is 1.12 bits per heavy atom. The topological polar surface area (TPSA) is 66.5 Å². The number of sulfonamides is 1. The second-order valence-corrected chi connectivity index (χ2v) is 9.78. The zero-order chi connectivity index (χ0) is 19.3. The van der Waals surface area contributed by atoms with Crippen LogP contribution in [0, 0.1) is 5.92 Å². The largest absolute Gasteiger partial charge is 0.339 e. The molecule has 1 aliphatic rings. The minimum atomic E-state index is -3.65. The fourth-order valence-electron chi connectivity index (χ4n) is 2.91. The van der Waals surface area contributed by atoms with E-state index in [1.807, 2.05) is 31.9 Å². The second kappa shape index (κ2) is 9.24. The molecule has 1 heterocycles. The summed E-state index contributed by atoms with van der Waals surface area (Å²) in [5.41, 5.74) is 0.486. The van der Waals surface area contributed by atoms with Crippen molar-refractivity contribution in [2.24, 2.45) is 5.92 Å². The Kier molecular flexibility index (Phi) is 7.55. The third-order valence-electron chi connectivity index (χ3n) is 4.95. The van der Waals surface area contributed by atoms with E-state index in [-0.39, 0.29) is 22.8 Å². The van der Waals surface area contributed by atoms with Crippen LogP contribution in [-0.2, 0) is 10.0 Å². The molecule has 1 N–H and O–H groups in total. The molecule has 1 aromatic rings. The number of thioether (sulfide) groups is 1. The molecule has 1 aliphatic heterocycles. The first-order chi connectivity index (χ1) is 12.3. The lowest BCUT2D eigenvalue weighted by molar-refractivity contribution is 0.0758. The standard InChI is InChI=1S/C19H30N2O3S2/c1-14(2)15(3)20-26(23,24)16-9-10-18(25-4)17(13-16)19(22)21-11-7-5-6-8-12-21/h9-10,13-15,20H,5-8,11-12H2,1-4H3/t15-/m0/s1. The molecule has 1 atom stereocenters. The molecule has 5 nitrogen and oxygen atoms in total. The third-order valence-corrected chi connectivity index (χ3v) is 7.30. The molecule has 1 aromatic carbocycles. The monoisotopic (exact) mass is 398 g/mol. The van der Waals surface area contributed by atoms with Gasteiger partial charge in [0.15, 0.2) is 0 Å². The molecule has 0 spiro atoms. The summed E-state index contributed by atoms with van der Waals surface area (Å²) in [5, 5.41) is 0. The van der Waals surface area contributed by atoms with E-state index in [0.717, 1.165) is 43.7 Å². The predicted octanol–water partition coefficient (Wildman–Crippen LogP) is 3.75. The van der Waals surface area contributed by atoms with Gasteiger partial charge in [-0.1, -0.05) is 26.7 Å². The van der Waals surface area contributed by atoms with Gasteiger partial charge in [0.1, 0.15) is 0 Å². The Labute approximate surface area is 162 Å². The van der Waals surface area contributed by atoms with E-state index in [4.69, 9.17) is 0 Å².